The summed E-state index contributed by atoms with van der Waals surface area (Å²) in [5, 5.41) is 0. The molecule has 5 heterocycles. The fraction of sp³-hybridized carbons (Fsp3) is 0.640. The predicted octanol–water partition coefficient (Wildman–Crippen LogP) is 2.72. The quantitative estimate of drug-likeness (QED) is 0.460. The molecule has 0 bridgehead atoms. The molecule has 1 aromatic heterocycles. The number of alkyl halides is 3. The maximum absolute atomic E-state index is 13.7. The lowest BCUT2D eigenvalue weighted by Crippen LogP contribution is -2.68. The Hall–Kier alpha value is -2.66. The van der Waals surface area contributed by atoms with E-state index in [4.69, 9.17) is 4.74 Å². The topological polar surface area (TPSA) is 65.0 Å². The molecule has 0 unspecified atom stereocenters. The van der Waals surface area contributed by atoms with Gasteiger partial charge < -0.3 is 19.4 Å². The van der Waals surface area contributed by atoms with Gasteiger partial charge in [0.25, 0.3) is 0 Å². The van der Waals surface area contributed by atoms with Crippen LogP contribution in [-0.4, -0.2) is 95.8 Å². The minimum atomic E-state index is -4.63. The summed E-state index contributed by atoms with van der Waals surface area (Å²) in [5.74, 6) is -0.570. The van der Waals surface area contributed by atoms with Gasteiger partial charge in [-0.3, -0.25) is 9.69 Å². The Balaban J connectivity index is 1.29. The first kappa shape index (κ1) is 25.0. The lowest BCUT2D eigenvalue weighted by Gasteiger charge is -2.53. The van der Waals surface area contributed by atoms with Gasteiger partial charge in [0.1, 0.15) is 11.6 Å². The largest absolute Gasteiger partial charge is 0.451 e. The number of amides is 1. The number of aromatic nitrogens is 2. The van der Waals surface area contributed by atoms with Crippen LogP contribution in [0.3, 0.4) is 0 Å². The van der Waals surface area contributed by atoms with Crippen LogP contribution >= 0.6 is 0 Å². The molecule has 11 heteroatoms. The first-order chi connectivity index (χ1) is 17.1. The van der Waals surface area contributed by atoms with E-state index in [1.165, 1.54) is 6.08 Å². The summed E-state index contributed by atoms with van der Waals surface area (Å²) in [4.78, 5) is 27.6. The van der Waals surface area contributed by atoms with Crippen molar-refractivity contribution >= 4 is 17.5 Å². The summed E-state index contributed by atoms with van der Waals surface area (Å²) >= 11 is 0. The Morgan fingerprint density at radius 1 is 1.14 bits per heavy atom. The van der Waals surface area contributed by atoms with Gasteiger partial charge in [-0.25, -0.2) is 9.97 Å². The number of anilines is 2. The second kappa shape index (κ2) is 9.33. The number of rotatable bonds is 4. The first-order valence-corrected chi connectivity index (χ1v) is 12.6. The van der Waals surface area contributed by atoms with Crippen LogP contribution in [0.1, 0.15) is 32.0 Å². The number of nitrogens with zero attached hydrogens (tertiary/aromatic N) is 6. The molecule has 4 aliphatic rings. The fourth-order valence-corrected chi connectivity index (χ4v) is 5.87. The normalized spacial score (nSPS) is 26.9. The second-order valence-electron chi connectivity index (χ2n) is 10.1. The lowest BCUT2D eigenvalue weighted by atomic mass is 9.85. The third kappa shape index (κ3) is 4.47. The number of piperidine rings is 1. The molecule has 0 N–H and O–H groups in total. The molecule has 4 fully saturated rings. The van der Waals surface area contributed by atoms with Crippen molar-refractivity contribution in [2.45, 2.75) is 50.0 Å². The number of carbonyl (C=O) groups is 1. The van der Waals surface area contributed by atoms with Crippen molar-refractivity contribution in [2.24, 2.45) is 0 Å². The second-order valence-corrected chi connectivity index (χ2v) is 10.1. The Morgan fingerprint density at radius 2 is 1.81 bits per heavy atom. The van der Waals surface area contributed by atoms with Crippen LogP contribution in [0.15, 0.2) is 30.9 Å². The molecule has 196 valence electrons. The minimum Gasteiger partial charge on any atom is -0.370 e. The average molecular weight is 507 g/mol. The number of halogens is 3. The van der Waals surface area contributed by atoms with E-state index in [9.17, 15) is 18.0 Å². The van der Waals surface area contributed by atoms with Gasteiger partial charge in [-0.05, 0) is 37.8 Å². The maximum atomic E-state index is 13.7. The summed E-state index contributed by atoms with van der Waals surface area (Å²) in [5.41, 5.74) is 0.732. The summed E-state index contributed by atoms with van der Waals surface area (Å²) in [7, 11) is 0. The molecule has 0 saturated carbocycles. The third-order valence-corrected chi connectivity index (χ3v) is 8.27. The standard InChI is InChI=1S/C25H33F3N6O2/c1-4-22(35)33-12-10-31(11-13-33)19-16-34(18(19)3)21-15-20(29-23(30-21)25(26,27)28)32-8-6-24(7-9-32)17(2)5-14-36-24/h4,15,18-19H,1-2,5-14,16H2,3H3/t18-,19-/m1/s1. The maximum Gasteiger partial charge on any atom is 0.451 e. The van der Waals surface area contributed by atoms with E-state index < -0.39 is 12.0 Å². The number of hydrogen-bond acceptors (Lipinski definition) is 7. The van der Waals surface area contributed by atoms with Crippen LogP contribution in [0.5, 0.6) is 0 Å². The highest BCUT2D eigenvalue weighted by Gasteiger charge is 2.45. The number of piperazine rings is 1. The van der Waals surface area contributed by atoms with Crippen LogP contribution in [0.4, 0.5) is 24.8 Å². The molecule has 4 saturated heterocycles. The van der Waals surface area contributed by atoms with Crippen LogP contribution in [-0.2, 0) is 15.7 Å². The van der Waals surface area contributed by atoms with E-state index in [0.717, 1.165) is 25.1 Å². The molecule has 8 nitrogen and oxygen atoms in total. The molecule has 1 amide bonds. The van der Waals surface area contributed by atoms with Crippen molar-refractivity contribution < 1.29 is 22.7 Å². The highest BCUT2D eigenvalue weighted by molar-refractivity contribution is 5.87. The molecular weight excluding hydrogens is 473 g/mol. The van der Waals surface area contributed by atoms with Gasteiger partial charge >= 0.3 is 6.18 Å². The van der Waals surface area contributed by atoms with Crippen LogP contribution in [0.2, 0.25) is 0 Å². The minimum absolute atomic E-state index is 0.00433. The Bertz CT molecular complexity index is 1030. The van der Waals surface area contributed by atoms with Gasteiger partial charge in [0.2, 0.25) is 11.7 Å². The zero-order valence-corrected chi connectivity index (χ0v) is 20.6. The predicted molar refractivity (Wildman–Crippen MR) is 130 cm³/mol. The van der Waals surface area contributed by atoms with Crippen LogP contribution in [0, 0.1) is 0 Å². The molecular formula is C25H33F3N6O2. The van der Waals surface area contributed by atoms with Gasteiger partial charge in [0, 0.05) is 64.0 Å². The smallest absolute Gasteiger partial charge is 0.370 e. The summed E-state index contributed by atoms with van der Waals surface area (Å²) < 4.78 is 47.2. The Morgan fingerprint density at radius 3 is 2.36 bits per heavy atom. The SMILES string of the molecule is C=CC(=O)N1CCN([C@@H]2CN(c3cc(N4CCC5(CC4)OCCC5=C)nc(C(F)(F)F)n3)[C@@H]2C)CC1. The molecule has 36 heavy (non-hydrogen) atoms. The highest BCUT2D eigenvalue weighted by atomic mass is 19.4. The molecule has 0 radical (unpaired) electrons. The zero-order chi connectivity index (χ0) is 25.7. The molecule has 5 rings (SSSR count). The number of hydrogen-bond donors (Lipinski definition) is 0. The van der Waals surface area contributed by atoms with Crippen molar-refractivity contribution in [3.05, 3.63) is 36.7 Å². The van der Waals surface area contributed by atoms with Crippen molar-refractivity contribution in [3.63, 3.8) is 0 Å². The van der Waals surface area contributed by atoms with E-state index in [2.05, 4.69) is 28.0 Å². The van der Waals surface area contributed by atoms with Gasteiger partial charge in [-0.2, -0.15) is 13.2 Å². The molecule has 4 aliphatic heterocycles. The van der Waals surface area contributed by atoms with E-state index in [0.29, 0.717) is 63.8 Å². The van der Waals surface area contributed by atoms with Crippen LogP contribution in [0.25, 0.3) is 0 Å². The van der Waals surface area contributed by atoms with Gasteiger partial charge in [0.05, 0.1) is 12.2 Å². The molecule has 0 aromatic carbocycles. The van der Waals surface area contributed by atoms with Crippen molar-refractivity contribution in [1.82, 2.24) is 19.8 Å². The number of carbonyl (C=O) groups excluding carboxylic acids is 1. The first-order valence-electron chi connectivity index (χ1n) is 12.6. The third-order valence-electron chi connectivity index (χ3n) is 8.27. The average Bonchev–Trinajstić information content (AvgIpc) is 3.21. The zero-order valence-electron chi connectivity index (χ0n) is 20.6. The monoisotopic (exact) mass is 506 g/mol. The van der Waals surface area contributed by atoms with E-state index in [-0.39, 0.29) is 23.6 Å². The van der Waals surface area contributed by atoms with Gasteiger partial charge in [-0.15, -0.1) is 0 Å². The fourth-order valence-electron chi connectivity index (χ4n) is 5.87. The van der Waals surface area contributed by atoms with E-state index in [1.54, 1.807) is 11.0 Å². The van der Waals surface area contributed by atoms with E-state index in [1.807, 2.05) is 16.7 Å². The van der Waals surface area contributed by atoms with E-state index >= 15 is 0 Å². The lowest BCUT2D eigenvalue weighted by molar-refractivity contribution is -0.144. The molecule has 2 atom stereocenters. The van der Waals surface area contributed by atoms with Crippen molar-refractivity contribution in [1.29, 1.82) is 0 Å². The molecule has 1 aromatic rings. The summed E-state index contributed by atoms with van der Waals surface area (Å²) in [6.07, 6.45) is -1.09. The summed E-state index contributed by atoms with van der Waals surface area (Å²) in [6.45, 7) is 14.8. The number of ether oxygens (including phenoxy) is 1. The highest BCUT2D eigenvalue weighted by Crippen LogP contribution is 2.41. The Kier molecular flexibility index (Phi) is 6.48. The van der Waals surface area contributed by atoms with Crippen LogP contribution < -0.4 is 9.80 Å². The molecule has 0 aliphatic carbocycles. The summed E-state index contributed by atoms with van der Waals surface area (Å²) in [6, 6.07) is 1.87. The van der Waals surface area contributed by atoms with Gasteiger partial charge in [-0.1, -0.05) is 13.2 Å². The van der Waals surface area contributed by atoms with Gasteiger partial charge in [0.15, 0.2) is 0 Å². The van der Waals surface area contributed by atoms with Crippen molar-refractivity contribution in [3.8, 4) is 0 Å². The van der Waals surface area contributed by atoms with Crippen molar-refractivity contribution in [2.75, 3.05) is 62.2 Å². The Labute approximate surface area is 209 Å². The molecule has 1 spiro atoms.